The summed E-state index contributed by atoms with van der Waals surface area (Å²) in [6.07, 6.45) is 7.64. The molecule has 1 saturated carbocycles. The highest BCUT2D eigenvalue weighted by Gasteiger charge is 2.14. The molecule has 0 aromatic heterocycles. The summed E-state index contributed by atoms with van der Waals surface area (Å²) in [5.41, 5.74) is 0. The minimum atomic E-state index is -0.125. The van der Waals surface area contributed by atoms with E-state index < -0.39 is 0 Å². The van der Waals surface area contributed by atoms with Crippen molar-refractivity contribution in [2.75, 3.05) is 20.2 Å². The Morgan fingerprint density at radius 2 is 2.05 bits per heavy atom. The van der Waals surface area contributed by atoms with Crippen LogP contribution >= 0.6 is 0 Å². The molecule has 0 spiro atoms. The van der Waals surface area contributed by atoms with Crippen molar-refractivity contribution >= 4 is 11.9 Å². The van der Waals surface area contributed by atoms with E-state index in [1.807, 2.05) is 6.92 Å². The summed E-state index contributed by atoms with van der Waals surface area (Å²) >= 11 is 0. The van der Waals surface area contributed by atoms with E-state index in [4.69, 9.17) is 4.74 Å². The van der Waals surface area contributed by atoms with Gasteiger partial charge in [0.25, 0.3) is 0 Å². The van der Waals surface area contributed by atoms with Crippen LogP contribution in [0.5, 0.6) is 0 Å². The second kappa shape index (κ2) is 9.64. The molecular formula is C14H27N3O2. The van der Waals surface area contributed by atoms with Crippen LogP contribution in [0.25, 0.3) is 0 Å². The molecule has 0 heterocycles. The normalized spacial score (nSPS) is 17.1. The molecule has 0 unspecified atom stereocenters. The van der Waals surface area contributed by atoms with Crippen molar-refractivity contribution in [3.8, 4) is 0 Å². The predicted octanol–water partition coefficient (Wildman–Crippen LogP) is 1.83. The quantitative estimate of drug-likeness (QED) is 0.334. The Morgan fingerprint density at radius 1 is 1.32 bits per heavy atom. The summed E-state index contributed by atoms with van der Waals surface area (Å²) in [4.78, 5) is 15.4. The van der Waals surface area contributed by atoms with Crippen molar-refractivity contribution in [3.63, 3.8) is 0 Å². The molecule has 5 nitrogen and oxygen atoms in total. The Labute approximate surface area is 116 Å². The van der Waals surface area contributed by atoms with Gasteiger partial charge in [-0.1, -0.05) is 19.3 Å². The van der Waals surface area contributed by atoms with E-state index in [1.54, 1.807) is 7.05 Å². The lowest BCUT2D eigenvalue weighted by Gasteiger charge is -2.24. The number of nitrogens with one attached hydrogen (secondary N) is 2. The fraction of sp³-hybridized carbons (Fsp3) is 0.857. The van der Waals surface area contributed by atoms with Gasteiger partial charge in [0.05, 0.1) is 6.61 Å². The number of guanidine groups is 1. The Kier molecular flexibility index (Phi) is 8.02. The first-order valence-corrected chi connectivity index (χ1v) is 7.39. The first-order chi connectivity index (χ1) is 9.26. The van der Waals surface area contributed by atoms with E-state index in [2.05, 4.69) is 15.6 Å². The second-order valence-corrected chi connectivity index (χ2v) is 4.89. The van der Waals surface area contributed by atoms with Crippen LogP contribution in [-0.4, -0.2) is 38.2 Å². The van der Waals surface area contributed by atoms with Crippen LogP contribution < -0.4 is 10.6 Å². The Bertz CT molecular complexity index is 286. The molecule has 5 heteroatoms. The van der Waals surface area contributed by atoms with Crippen molar-refractivity contribution in [3.05, 3.63) is 0 Å². The SMILES string of the molecule is CCOC(=O)CCCNC(=NC)NC1CCCCC1. The lowest BCUT2D eigenvalue weighted by molar-refractivity contribution is -0.143. The molecule has 1 rings (SSSR count). The van der Waals surface area contributed by atoms with Gasteiger partial charge in [-0.15, -0.1) is 0 Å². The van der Waals surface area contributed by atoms with Gasteiger partial charge in [0.2, 0.25) is 0 Å². The molecule has 0 aromatic rings. The molecule has 0 atom stereocenters. The Balaban J connectivity index is 2.13. The molecule has 0 radical (unpaired) electrons. The third-order valence-electron chi connectivity index (χ3n) is 3.33. The largest absolute Gasteiger partial charge is 0.466 e. The lowest BCUT2D eigenvalue weighted by atomic mass is 9.96. The molecule has 0 amide bonds. The Morgan fingerprint density at radius 3 is 2.68 bits per heavy atom. The third kappa shape index (κ3) is 7.03. The molecule has 1 aliphatic rings. The van der Waals surface area contributed by atoms with Crippen molar-refractivity contribution in [1.29, 1.82) is 0 Å². The molecule has 110 valence electrons. The van der Waals surface area contributed by atoms with E-state index in [1.165, 1.54) is 32.1 Å². The highest BCUT2D eigenvalue weighted by molar-refractivity contribution is 5.80. The Hall–Kier alpha value is -1.26. The number of nitrogens with zero attached hydrogens (tertiary/aromatic N) is 1. The van der Waals surface area contributed by atoms with Crippen LogP contribution in [0, 0.1) is 0 Å². The zero-order valence-electron chi connectivity index (χ0n) is 12.2. The second-order valence-electron chi connectivity index (χ2n) is 4.89. The number of carbonyl (C=O) groups excluding carboxylic acids is 1. The summed E-state index contributed by atoms with van der Waals surface area (Å²) in [5.74, 6) is 0.718. The van der Waals surface area contributed by atoms with Crippen LogP contribution in [0.1, 0.15) is 51.9 Å². The van der Waals surface area contributed by atoms with Gasteiger partial charge in [-0.05, 0) is 26.2 Å². The monoisotopic (exact) mass is 269 g/mol. The maximum absolute atomic E-state index is 11.2. The number of esters is 1. The van der Waals surface area contributed by atoms with Crippen molar-refractivity contribution in [1.82, 2.24) is 10.6 Å². The highest BCUT2D eigenvalue weighted by atomic mass is 16.5. The van der Waals surface area contributed by atoms with E-state index in [0.29, 0.717) is 19.1 Å². The fourth-order valence-electron chi connectivity index (χ4n) is 2.31. The smallest absolute Gasteiger partial charge is 0.305 e. The first-order valence-electron chi connectivity index (χ1n) is 7.39. The number of hydrogen-bond donors (Lipinski definition) is 2. The number of hydrogen-bond acceptors (Lipinski definition) is 3. The van der Waals surface area contributed by atoms with E-state index in [-0.39, 0.29) is 5.97 Å². The minimum absolute atomic E-state index is 0.125. The van der Waals surface area contributed by atoms with Crippen molar-refractivity contribution in [2.24, 2.45) is 4.99 Å². The summed E-state index contributed by atoms with van der Waals surface area (Å²) in [6, 6.07) is 0.546. The van der Waals surface area contributed by atoms with Gasteiger partial charge in [-0.2, -0.15) is 0 Å². The molecule has 0 aromatic carbocycles. The average Bonchev–Trinajstić information content (AvgIpc) is 2.43. The van der Waals surface area contributed by atoms with Crippen LogP contribution in [-0.2, 0) is 9.53 Å². The average molecular weight is 269 g/mol. The van der Waals surface area contributed by atoms with Crippen LogP contribution in [0.2, 0.25) is 0 Å². The van der Waals surface area contributed by atoms with Gasteiger partial charge in [-0.3, -0.25) is 9.79 Å². The van der Waals surface area contributed by atoms with Crippen molar-refractivity contribution in [2.45, 2.75) is 57.9 Å². The summed E-state index contributed by atoms with van der Waals surface area (Å²) in [7, 11) is 1.78. The van der Waals surface area contributed by atoms with Crippen molar-refractivity contribution < 1.29 is 9.53 Å². The summed E-state index contributed by atoms with van der Waals surface area (Å²) < 4.78 is 4.88. The first kappa shape index (κ1) is 15.8. The number of rotatable bonds is 6. The fourth-order valence-corrected chi connectivity index (χ4v) is 2.31. The zero-order valence-corrected chi connectivity index (χ0v) is 12.2. The van der Waals surface area contributed by atoms with Crippen LogP contribution in [0.4, 0.5) is 0 Å². The lowest BCUT2D eigenvalue weighted by Crippen LogP contribution is -2.44. The van der Waals surface area contributed by atoms with Gasteiger partial charge < -0.3 is 15.4 Å². The van der Waals surface area contributed by atoms with Gasteiger partial charge >= 0.3 is 5.97 Å². The molecule has 0 aliphatic heterocycles. The molecule has 0 bridgehead atoms. The molecule has 1 aliphatic carbocycles. The number of ether oxygens (including phenoxy) is 1. The standard InChI is InChI=1S/C14H27N3O2/c1-3-19-13(18)10-7-11-16-14(15-2)17-12-8-5-4-6-9-12/h12H,3-11H2,1-2H3,(H2,15,16,17). The van der Waals surface area contributed by atoms with E-state index in [9.17, 15) is 4.79 Å². The van der Waals surface area contributed by atoms with Gasteiger partial charge in [-0.25, -0.2) is 0 Å². The van der Waals surface area contributed by atoms with Crippen LogP contribution in [0.3, 0.4) is 0 Å². The van der Waals surface area contributed by atoms with Gasteiger partial charge in [0, 0.05) is 26.1 Å². The van der Waals surface area contributed by atoms with Gasteiger partial charge in [0.1, 0.15) is 0 Å². The maximum atomic E-state index is 11.2. The predicted molar refractivity (Wildman–Crippen MR) is 77.2 cm³/mol. The molecule has 0 saturated heterocycles. The highest BCUT2D eigenvalue weighted by Crippen LogP contribution is 2.17. The zero-order chi connectivity index (χ0) is 13.9. The summed E-state index contributed by atoms with van der Waals surface area (Å²) in [5, 5.41) is 6.69. The number of aliphatic imine (C=N–C) groups is 1. The number of carbonyl (C=O) groups is 1. The van der Waals surface area contributed by atoms with Crippen LogP contribution in [0.15, 0.2) is 4.99 Å². The topological polar surface area (TPSA) is 62.7 Å². The molecule has 2 N–H and O–H groups in total. The van der Waals surface area contributed by atoms with E-state index >= 15 is 0 Å². The summed E-state index contributed by atoms with van der Waals surface area (Å²) in [6.45, 7) is 3.02. The molecule has 1 fully saturated rings. The molecule has 19 heavy (non-hydrogen) atoms. The molecular weight excluding hydrogens is 242 g/mol. The van der Waals surface area contributed by atoms with E-state index in [0.717, 1.165) is 18.9 Å². The van der Waals surface area contributed by atoms with Gasteiger partial charge in [0.15, 0.2) is 5.96 Å². The minimum Gasteiger partial charge on any atom is -0.466 e. The maximum Gasteiger partial charge on any atom is 0.305 e. The third-order valence-corrected chi connectivity index (χ3v) is 3.33.